The van der Waals surface area contributed by atoms with Crippen molar-refractivity contribution in [2.45, 2.75) is 19.4 Å². The molecule has 2 heterocycles. The molecule has 0 spiro atoms. The van der Waals surface area contributed by atoms with Crippen LogP contribution in [0, 0.1) is 0 Å². The second-order valence-corrected chi connectivity index (χ2v) is 5.46. The fourth-order valence-corrected chi connectivity index (χ4v) is 3.15. The average Bonchev–Trinajstić information content (AvgIpc) is 2.54. The molecule has 0 N–H and O–H groups in total. The van der Waals surface area contributed by atoms with E-state index >= 15 is 0 Å². The Kier molecular flexibility index (Phi) is 3.83. The van der Waals surface area contributed by atoms with Gasteiger partial charge >= 0.3 is 11.9 Å². The highest BCUT2D eigenvalue weighted by Gasteiger charge is 2.40. The number of hydrogen-bond donors (Lipinski definition) is 0. The van der Waals surface area contributed by atoms with Crippen LogP contribution in [0.15, 0.2) is 24.3 Å². The molecule has 2 aliphatic heterocycles. The predicted octanol–water partition coefficient (Wildman–Crippen LogP) is 0.518. The first-order valence-electron chi connectivity index (χ1n) is 7.45. The van der Waals surface area contributed by atoms with Crippen molar-refractivity contribution < 1.29 is 19.1 Å². The Hall–Kier alpha value is -2.37. The van der Waals surface area contributed by atoms with Crippen LogP contribution in [-0.2, 0) is 25.5 Å². The molecule has 2 amide bonds. The number of carbonyl (C=O) groups is 3. The monoisotopic (exact) mass is 302 g/mol. The molecule has 1 aromatic carbocycles. The third kappa shape index (κ3) is 2.45. The van der Waals surface area contributed by atoms with E-state index in [2.05, 4.69) is 0 Å². The second-order valence-electron chi connectivity index (χ2n) is 5.46. The molecule has 1 aromatic rings. The number of nitrogens with zero attached hydrogens (tertiary/aromatic N) is 2. The van der Waals surface area contributed by atoms with Gasteiger partial charge in [0.2, 0.25) is 5.91 Å². The summed E-state index contributed by atoms with van der Waals surface area (Å²) in [6, 6.07) is 7.75. The van der Waals surface area contributed by atoms with Crippen molar-refractivity contribution in [2.24, 2.45) is 0 Å². The maximum absolute atomic E-state index is 12.3. The number of ether oxygens (including phenoxy) is 1. The lowest BCUT2D eigenvalue weighted by Crippen LogP contribution is -2.56. The van der Waals surface area contributed by atoms with Crippen LogP contribution in [0.4, 0.5) is 0 Å². The summed E-state index contributed by atoms with van der Waals surface area (Å²) in [5, 5.41) is 0. The van der Waals surface area contributed by atoms with E-state index in [0.29, 0.717) is 13.1 Å². The van der Waals surface area contributed by atoms with E-state index in [1.807, 2.05) is 24.3 Å². The van der Waals surface area contributed by atoms with Crippen LogP contribution in [0.25, 0.3) is 0 Å². The Morgan fingerprint density at radius 1 is 1.32 bits per heavy atom. The van der Waals surface area contributed by atoms with Crippen molar-refractivity contribution in [3.63, 3.8) is 0 Å². The van der Waals surface area contributed by atoms with Gasteiger partial charge in [0.1, 0.15) is 6.54 Å². The number of hydrogen-bond acceptors (Lipinski definition) is 4. The van der Waals surface area contributed by atoms with Crippen LogP contribution in [0.5, 0.6) is 0 Å². The standard InChI is InChI=1S/C16H18N2O4/c1-2-22-16(21)15(20)17-9-13-12-6-4-3-5-11(12)7-8-18(13)14(19)10-17/h3-6,13H,2,7-10H2,1H3. The van der Waals surface area contributed by atoms with E-state index in [1.165, 1.54) is 10.5 Å². The molecular weight excluding hydrogens is 284 g/mol. The fourth-order valence-electron chi connectivity index (χ4n) is 3.15. The lowest BCUT2D eigenvalue weighted by molar-refractivity contribution is -0.163. The van der Waals surface area contributed by atoms with Gasteiger partial charge in [0.25, 0.3) is 0 Å². The average molecular weight is 302 g/mol. The lowest BCUT2D eigenvalue weighted by Gasteiger charge is -2.44. The van der Waals surface area contributed by atoms with Crippen LogP contribution >= 0.6 is 0 Å². The number of benzene rings is 1. The molecule has 116 valence electrons. The van der Waals surface area contributed by atoms with Gasteiger partial charge in [-0.15, -0.1) is 0 Å². The minimum atomic E-state index is -0.896. The van der Waals surface area contributed by atoms with Crippen molar-refractivity contribution in [1.29, 1.82) is 0 Å². The maximum atomic E-state index is 12.3. The lowest BCUT2D eigenvalue weighted by atomic mass is 9.91. The largest absolute Gasteiger partial charge is 0.459 e. The SMILES string of the molecule is CCOC(=O)C(=O)N1CC(=O)N2CCc3ccccc3C2C1. The van der Waals surface area contributed by atoms with Crippen LogP contribution in [-0.4, -0.2) is 53.8 Å². The summed E-state index contributed by atoms with van der Waals surface area (Å²) in [6.07, 6.45) is 0.824. The Morgan fingerprint density at radius 3 is 2.86 bits per heavy atom. The molecule has 1 unspecified atom stereocenters. The molecule has 1 fully saturated rings. The zero-order chi connectivity index (χ0) is 15.7. The fraction of sp³-hybridized carbons (Fsp3) is 0.438. The summed E-state index contributed by atoms with van der Waals surface area (Å²) in [7, 11) is 0. The highest BCUT2D eigenvalue weighted by atomic mass is 16.5. The Labute approximate surface area is 128 Å². The quantitative estimate of drug-likeness (QED) is 0.560. The minimum absolute atomic E-state index is 0.0592. The predicted molar refractivity (Wildman–Crippen MR) is 77.8 cm³/mol. The van der Waals surface area contributed by atoms with E-state index in [-0.39, 0.29) is 25.1 Å². The third-order valence-corrected chi connectivity index (χ3v) is 4.19. The Bertz CT molecular complexity index is 628. The van der Waals surface area contributed by atoms with Gasteiger partial charge in [-0.1, -0.05) is 24.3 Å². The number of fused-ring (bicyclic) bond motifs is 3. The zero-order valence-corrected chi connectivity index (χ0v) is 12.4. The molecule has 6 nitrogen and oxygen atoms in total. The van der Waals surface area contributed by atoms with E-state index in [9.17, 15) is 14.4 Å². The molecule has 1 atom stereocenters. The van der Waals surface area contributed by atoms with Gasteiger partial charge in [0, 0.05) is 13.1 Å². The van der Waals surface area contributed by atoms with Crippen molar-refractivity contribution in [1.82, 2.24) is 9.80 Å². The summed E-state index contributed by atoms with van der Waals surface area (Å²) in [6.45, 7) is 2.72. The van der Waals surface area contributed by atoms with Crippen LogP contribution in [0.3, 0.4) is 0 Å². The molecule has 0 aromatic heterocycles. The topological polar surface area (TPSA) is 66.9 Å². The smallest absolute Gasteiger partial charge is 0.397 e. The number of piperazine rings is 1. The van der Waals surface area contributed by atoms with Gasteiger partial charge in [-0.2, -0.15) is 0 Å². The molecule has 0 aliphatic carbocycles. The molecule has 6 heteroatoms. The van der Waals surface area contributed by atoms with E-state index in [4.69, 9.17) is 4.74 Å². The van der Waals surface area contributed by atoms with Gasteiger partial charge in [-0.05, 0) is 24.5 Å². The van der Waals surface area contributed by atoms with Crippen molar-refractivity contribution in [3.05, 3.63) is 35.4 Å². The molecule has 3 rings (SSSR count). The second kappa shape index (κ2) is 5.79. The van der Waals surface area contributed by atoms with Gasteiger partial charge in [-0.3, -0.25) is 9.59 Å². The summed E-state index contributed by atoms with van der Waals surface area (Å²) in [4.78, 5) is 39.1. The maximum Gasteiger partial charge on any atom is 0.397 e. The molecular formula is C16H18N2O4. The molecule has 0 saturated carbocycles. The number of carbonyl (C=O) groups excluding carboxylic acids is 3. The first-order chi connectivity index (χ1) is 10.6. The zero-order valence-electron chi connectivity index (χ0n) is 12.4. The van der Waals surface area contributed by atoms with Crippen LogP contribution in [0.1, 0.15) is 24.1 Å². The molecule has 1 saturated heterocycles. The summed E-state index contributed by atoms with van der Waals surface area (Å²) < 4.78 is 4.74. The molecule has 22 heavy (non-hydrogen) atoms. The summed E-state index contributed by atoms with van der Waals surface area (Å²) in [5.41, 5.74) is 2.26. The molecule has 0 bridgehead atoms. The van der Waals surface area contributed by atoms with Gasteiger partial charge < -0.3 is 14.5 Å². The van der Waals surface area contributed by atoms with Gasteiger partial charge in [-0.25, -0.2) is 4.79 Å². The van der Waals surface area contributed by atoms with Crippen molar-refractivity contribution >= 4 is 17.8 Å². The molecule has 2 aliphatic rings. The highest BCUT2D eigenvalue weighted by Crippen LogP contribution is 2.32. The van der Waals surface area contributed by atoms with Crippen molar-refractivity contribution in [2.75, 3.05) is 26.2 Å². The van der Waals surface area contributed by atoms with Gasteiger partial charge in [0.15, 0.2) is 0 Å². The van der Waals surface area contributed by atoms with Crippen LogP contribution < -0.4 is 0 Å². The first-order valence-corrected chi connectivity index (χ1v) is 7.45. The first kappa shape index (κ1) is 14.6. The molecule has 0 radical (unpaired) electrons. The van der Waals surface area contributed by atoms with E-state index < -0.39 is 11.9 Å². The Morgan fingerprint density at radius 2 is 2.09 bits per heavy atom. The number of rotatable bonds is 1. The Balaban J connectivity index is 1.85. The highest BCUT2D eigenvalue weighted by molar-refractivity contribution is 6.32. The summed E-state index contributed by atoms with van der Waals surface area (Å²) >= 11 is 0. The van der Waals surface area contributed by atoms with E-state index in [1.54, 1.807) is 11.8 Å². The number of esters is 1. The van der Waals surface area contributed by atoms with E-state index in [0.717, 1.165) is 12.0 Å². The number of amides is 2. The van der Waals surface area contributed by atoms with Gasteiger partial charge in [0.05, 0.1) is 12.6 Å². The van der Waals surface area contributed by atoms with Crippen molar-refractivity contribution in [3.8, 4) is 0 Å². The minimum Gasteiger partial charge on any atom is -0.459 e. The third-order valence-electron chi connectivity index (χ3n) is 4.19. The summed E-state index contributed by atoms with van der Waals surface area (Å²) in [5.74, 6) is -1.76. The normalized spacial score (nSPS) is 20.2. The van der Waals surface area contributed by atoms with Crippen LogP contribution in [0.2, 0.25) is 0 Å².